The van der Waals surface area contributed by atoms with E-state index >= 15 is 0 Å². The molecule has 1 aliphatic heterocycles. The van der Waals surface area contributed by atoms with Crippen molar-refractivity contribution in [2.24, 2.45) is 5.92 Å². The molecular weight excluding hydrogens is 346 g/mol. The fraction of sp³-hybridized carbons (Fsp3) is 0.560. The van der Waals surface area contributed by atoms with Crippen molar-refractivity contribution in [3.63, 3.8) is 0 Å². The van der Waals surface area contributed by atoms with Gasteiger partial charge in [-0.1, -0.05) is 45.4 Å². The van der Waals surface area contributed by atoms with Gasteiger partial charge in [0.2, 0.25) is 0 Å². The van der Waals surface area contributed by atoms with E-state index in [-0.39, 0.29) is 5.92 Å². The van der Waals surface area contributed by atoms with Gasteiger partial charge in [0, 0.05) is 29.6 Å². The fourth-order valence-electron chi connectivity index (χ4n) is 4.62. The van der Waals surface area contributed by atoms with Gasteiger partial charge in [0.15, 0.2) is 5.78 Å². The topological polar surface area (TPSA) is 29.5 Å². The van der Waals surface area contributed by atoms with Crippen LogP contribution in [0.5, 0.6) is 5.75 Å². The molecule has 1 heterocycles. The van der Waals surface area contributed by atoms with Gasteiger partial charge in [-0.3, -0.25) is 9.69 Å². The number of benzene rings is 2. The van der Waals surface area contributed by atoms with Crippen molar-refractivity contribution in [2.45, 2.75) is 65.3 Å². The third-order valence-electron chi connectivity index (χ3n) is 6.36. The number of fused-ring (bicyclic) bond motifs is 1. The molecule has 3 nitrogen and oxygen atoms in total. The molecule has 1 atom stereocenters. The maximum Gasteiger partial charge on any atom is 0.167 e. The summed E-state index contributed by atoms with van der Waals surface area (Å²) in [6.07, 6.45) is 7.10. The van der Waals surface area contributed by atoms with Crippen LogP contribution in [-0.4, -0.2) is 36.9 Å². The summed E-state index contributed by atoms with van der Waals surface area (Å²) in [5.41, 5.74) is 2.09. The van der Waals surface area contributed by atoms with Gasteiger partial charge in [-0.25, -0.2) is 0 Å². The van der Waals surface area contributed by atoms with Crippen LogP contribution in [0.25, 0.3) is 10.8 Å². The molecule has 0 spiro atoms. The summed E-state index contributed by atoms with van der Waals surface area (Å²) in [5, 5.41) is 2.34. The number of hydrogen-bond donors (Lipinski definition) is 0. The van der Waals surface area contributed by atoms with Crippen LogP contribution in [-0.2, 0) is 6.42 Å². The standard InChI is InChI=1S/C23H29NO2.C2H6/c1-3-20-21-11-9-17(14-16(21)10-12-22(20)26-2)23(25)18-6-5-13-24(15-18)19-7-4-8-19;1-2/h9-12,14,18-19H,3-8,13,15H2,1-2H3;1-2H3/t18-;/m0./s1. The van der Waals surface area contributed by atoms with Crippen molar-refractivity contribution in [1.29, 1.82) is 0 Å². The highest BCUT2D eigenvalue weighted by atomic mass is 16.5. The number of rotatable bonds is 5. The van der Waals surface area contributed by atoms with E-state index in [4.69, 9.17) is 4.74 Å². The quantitative estimate of drug-likeness (QED) is 0.605. The number of carbonyl (C=O) groups excluding carboxylic acids is 1. The van der Waals surface area contributed by atoms with Crippen molar-refractivity contribution in [3.05, 3.63) is 41.5 Å². The Morgan fingerprint density at radius 2 is 1.89 bits per heavy atom. The van der Waals surface area contributed by atoms with E-state index in [0.717, 1.165) is 48.5 Å². The number of carbonyl (C=O) groups is 1. The number of hydrogen-bond acceptors (Lipinski definition) is 3. The fourth-order valence-corrected chi connectivity index (χ4v) is 4.62. The Balaban J connectivity index is 0.00000109. The average molecular weight is 382 g/mol. The number of ketones is 1. The first-order valence-corrected chi connectivity index (χ1v) is 11.1. The monoisotopic (exact) mass is 381 g/mol. The molecule has 152 valence electrons. The Bertz CT molecular complexity index is 810. The van der Waals surface area contributed by atoms with E-state index in [1.54, 1.807) is 7.11 Å². The Labute approximate surface area is 170 Å². The van der Waals surface area contributed by atoms with Crippen molar-refractivity contribution in [1.82, 2.24) is 4.90 Å². The second-order valence-electron chi connectivity index (χ2n) is 7.82. The number of nitrogens with zero attached hydrogens (tertiary/aromatic N) is 1. The van der Waals surface area contributed by atoms with Gasteiger partial charge >= 0.3 is 0 Å². The minimum absolute atomic E-state index is 0.158. The normalized spacial score (nSPS) is 20.2. The minimum atomic E-state index is 0.158. The Morgan fingerprint density at radius 1 is 1.11 bits per heavy atom. The maximum atomic E-state index is 13.1. The second kappa shape index (κ2) is 9.56. The van der Waals surface area contributed by atoms with Crippen LogP contribution in [0.1, 0.15) is 68.8 Å². The third-order valence-corrected chi connectivity index (χ3v) is 6.36. The molecular formula is C25H35NO2. The molecule has 0 bridgehead atoms. The first kappa shape index (κ1) is 20.9. The van der Waals surface area contributed by atoms with E-state index < -0.39 is 0 Å². The van der Waals surface area contributed by atoms with Gasteiger partial charge in [0.1, 0.15) is 5.75 Å². The Morgan fingerprint density at radius 3 is 2.54 bits per heavy atom. The molecule has 0 unspecified atom stereocenters. The lowest BCUT2D eigenvalue weighted by Gasteiger charge is -2.42. The Kier molecular flexibility index (Phi) is 7.12. The lowest BCUT2D eigenvalue weighted by atomic mass is 9.85. The SMILES string of the molecule is CC.CCc1c(OC)ccc2cc(C(=O)[C@H]3CCCN(C4CCC4)C3)ccc12. The number of aryl methyl sites for hydroxylation is 1. The van der Waals surface area contributed by atoms with Crippen LogP contribution in [0.2, 0.25) is 0 Å². The molecule has 2 aliphatic rings. The molecule has 1 saturated carbocycles. The van der Waals surface area contributed by atoms with Crippen LogP contribution < -0.4 is 4.74 Å². The van der Waals surface area contributed by atoms with Gasteiger partial charge in [0.05, 0.1) is 7.11 Å². The van der Waals surface area contributed by atoms with Crippen molar-refractivity contribution >= 4 is 16.6 Å². The second-order valence-corrected chi connectivity index (χ2v) is 7.82. The molecule has 0 aromatic heterocycles. The third kappa shape index (κ3) is 4.10. The number of methoxy groups -OCH3 is 1. The molecule has 0 amide bonds. The molecule has 3 heteroatoms. The molecule has 0 N–H and O–H groups in total. The summed E-state index contributed by atoms with van der Waals surface area (Å²) in [6, 6.07) is 11.0. The summed E-state index contributed by atoms with van der Waals surface area (Å²) in [4.78, 5) is 15.7. The lowest BCUT2D eigenvalue weighted by molar-refractivity contribution is 0.0612. The summed E-state index contributed by atoms with van der Waals surface area (Å²) in [6.45, 7) is 8.27. The smallest absolute Gasteiger partial charge is 0.167 e. The maximum absolute atomic E-state index is 13.1. The van der Waals surface area contributed by atoms with Crippen LogP contribution >= 0.6 is 0 Å². The Hall–Kier alpha value is -1.87. The summed E-state index contributed by atoms with van der Waals surface area (Å²) >= 11 is 0. The number of likely N-dealkylation sites (tertiary alicyclic amines) is 1. The highest BCUT2D eigenvalue weighted by Gasteiger charge is 2.32. The predicted molar refractivity (Wildman–Crippen MR) is 117 cm³/mol. The zero-order chi connectivity index (χ0) is 20.1. The first-order chi connectivity index (χ1) is 13.7. The number of Topliss-reactive ketones (excluding diaryl/α,β-unsaturated/α-hetero) is 1. The lowest BCUT2D eigenvalue weighted by Crippen LogP contribution is -2.47. The molecule has 1 saturated heterocycles. The number of piperidine rings is 1. The molecule has 2 aromatic carbocycles. The molecule has 2 fully saturated rings. The molecule has 2 aromatic rings. The highest BCUT2D eigenvalue weighted by molar-refractivity contribution is 6.02. The van der Waals surface area contributed by atoms with Gasteiger partial charge < -0.3 is 4.74 Å². The van der Waals surface area contributed by atoms with Gasteiger partial charge in [0.25, 0.3) is 0 Å². The molecule has 1 aliphatic carbocycles. The van der Waals surface area contributed by atoms with Crippen molar-refractivity contribution in [3.8, 4) is 5.75 Å². The zero-order valence-electron chi connectivity index (χ0n) is 18.0. The van der Waals surface area contributed by atoms with E-state index in [0.29, 0.717) is 5.78 Å². The largest absolute Gasteiger partial charge is 0.496 e. The van der Waals surface area contributed by atoms with E-state index in [2.05, 4.69) is 30.0 Å². The van der Waals surface area contributed by atoms with Gasteiger partial charge in [-0.05, 0) is 61.6 Å². The predicted octanol–water partition coefficient (Wildman–Crippen LogP) is 5.88. The van der Waals surface area contributed by atoms with Gasteiger partial charge in [-0.2, -0.15) is 0 Å². The summed E-state index contributed by atoms with van der Waals surface area (Å²) < 4.78 is 5.50. The van der Waals surface area contributed by atoms with Crippen molar-refractivity contribution < 1.29 is 9.53 Å². The molecule has 28 heavy (non-hydrogen) atoms. The van der Waals surface area contributed by atoms with Crippen LogP contribution in [0.3, 0.4) is 0 Å². The summed E-state index contributed by atoms with van der Waals surface area (Å²) in [5.74, 6) is 1.41. The van der Waals surface area contributed by atoms with Crippen molar-refractivity contribution in [2.75, 3.05) is 20.2 Å². The number of ether oxygens (including phenoxy) is 1. The van der Waals surface area contributed by atoms with E-state index in [1.165, 1.54) is 36.8 Å². The molecule has 0 radical (unpaired) electrons. The van der Waals surface area contributed by atoms with Gasteiger partial charge in [-0.15, -0.1) is 0 Å². The van der Waals surface area contributed by atoms with E-state index in [1.807, 2.05) is 26.0 Å². The molecule has 4 rings (SSSR count). The summed E-state index contributed by atoms with van der Waals surface area (Å²) in [7, 11) is 1.72. The highest BCUT2D eigenvalue weighted by Crippen LogP contribution is 2.32. The first-order valence-electron chi connectivity index (χ1n) is 11.1. The zero-order valence-corrected chi connectivity index (χ0v) is 18.0. The van der Waals surface area contributed by atoms with Crippen LogP contribution in [0.15, 0.2) is 30.3 Å². The van der Waals surface area contributed by atoms with E-state index in [9.17, 15) is 4.79 Å². The minimum Gasteiger partial charge on any atom is -0.496 e. The van der Waals surface area contributed by atoms with Crippen LogP contribution in [0.4, 0.5) is 0 Å². The average Bonchev–Trinajstić information content (AvgIpc) is 2.72. The van der Waals surface area contributed by atoms with Crippen LogP contribution in [0, 0.1) is 5.92 Å².